The Morgan fingerprint density at radius 3 is 2.44 bits per heavy atom. The number of likely N-dealkylation sites (tertiary alicyclic amines) is 1. The monoisotopic (exact) mass is 252 g/mol. The van der Waals surface area contributed by atoms with Crippen LogP contribution in [0.3, 0.4) is 0 Å². The van der Waals surface area contributed by atoms with Crippen LogP contribution in [0.15, 0.2) is 0 Å². The molecule has 2 atom stereocenters. The number of hydrogen-bond acceptors (Lipinski definition) is 2. The van der Waals surface area contributed by atoms with Crippen molar-refractivity contribution < 1.29 is 0 Å². The molecule has 1 heterocycles. The first-order valence-corrected chi connectivity index (χ1v) is 8.27. The SMILES string of the molecule is CCC1CCCN(C(CN)CC2CCCCC2)C1. The number of nitrogens with zero attached hydrogens (tertiary/aromatic N) is 1. The predicted molar refractivity (Wildman–Crippen MR) is 78.6 cm³/mol. The summed E-state index contributed by atoms with van der Waals surface area (Å²) in [7, 11) is 0. The van der Waals surface area contributed by atoms with Crippen LogP contribution in [0.2, 0.25) is 0 Å². The third-order valence-corrected chi connectivity index (χ3v) is 5.25. The molecule has 106 valence electrons. The molecule has 1 saturated heterocycles. The van der Waals surface area contributed by atoms with E-state index in [-0.39, 0.29) is 0 Å². The van der Waals surface area contributed by atoms with Crippen molar-refractivity contribution in [2.45, 2.75) is 70.8 Å². The van der Waals surface area contributed by atoms with E-state index in [0.29, 0.717) is 6.04 Å². The second-order valence-electron chi connectivity index (χ2n) is 6.54. The van der Waals surface area contributed by atoms with Crippen molar-refractivity contribution in [1.29, 1.82) is 0 Å². The van der Waals surface area contributed by atoms with Crippen molar-refractivity contribution in [3.05, 3.63) is 0 Å². The van der Waals surface area contributed by atoms with E-state index in [2.05, 4.69) is 11.8 Å². The van der Waals surface area contributed by atoms with Gasteiger partial charge in [0.25, 0.3) is 0 Å². The van der Waals surface area contributed by atoms with Crippen molar-refractivity contribution in [2.75, 3.05) is 19.6 Å². The van der Waals surface area contributed by atoms with Gasteiger partial charge in [-0.3, -0.25) is 4.90 Å². The van der Waals surface area contributed by atoms with Crippen molar-refractivity contribution in [3.8, 4) is 0 Å². The Kier molecular flexibility index (Phi) is 5.97. The summed E-state index contributed by atoms with van der Waals surface area (Å²) in [6.45, 7) is 5.82. The van der Waals surface area contributed by atoms with Gasteiger partial charge in [-0.2, -0.15) is 0 Å². The average molecular weight is 252 g/mol. The van der Waals surface area contributed by atoms with Crippen LogP contribution in [0.1, 0.15) is 64.7 Å². The fourth-order valence-electron chi connectivity index (χ4n) is 3.96. The van der Waals surface area contributed by atoms with Gasteiger partial charge in [0.15, 0.2) is 0 Å². The lowest BCUT2D eigenvalue weighted by Gasteiger charge is -2.39. The highest BCUT2D eigenvalue weighted by molar-refractivity contribution is 4.82. The van der Waals surface area contributed by atoms with Crippen LogP contribution in [-0.4, -0.2) is 30.6 Å². The molecule has 1 aliphatic heterocycles. The van der Waals surface area contributed by atoms with Crippen molar-refractivity contribution >= 4 is 0 Å². The second-order valence-corrected chi connectivity index (χ2v) is 6.54. The smallest absolute Gasteiger partial charge is 0.0221 e. The van der Waals surface area contributed by atoms with E-state index in [1.165, 1.54) is 70.9 Å². The molecule has 2 aliphatic rings. The molecule has 2 nitrogen and oxygen atoms in total. The average Bonchev–Trinajstić information content (AvgIpc) is 2.46. The maximum atomic E-state index is 6.07. The summed E-state index contributed by atoms with van der Waals surface area (Å²) in [5, 5.41) is 0. The Hall–Kier alpha value is -0.0800. The van der Waals surface area contributed by atoms with E-state index < -0.39 is 0 Å². The highest BCUT2D eigenvalue weighted by Crippen LogP contribution is 2.30. The summed E-state index contributed by atoms with van der Waals surface area (Å²) in [4.78, 5) is 2.71. The van der Waals surface area contributed by atoms with E-state index in [0.717, 1.165) is 18.4 Å². The molecule has 0 aromatic carbocycles. The van der Waals surface area contributed by atoms with Gasteiger partial charge in [-0.15, -0.1) is 0 Å². The number of piperidine rings is 1. The molecule has 0 bridgehead atoms. The quantitative estimate of drug-likeness (QED) is 0.812. The molecule has 18 heavy (non-hydrogen) atoms. The minimum atomic E-state index is 0.669. The molecule has 1 aliphatic carbocycles. The van der Waals surface area contributed by atoms with Gasteiger partial charge >= 0.3 is 0 Å². The molecule has 2 unspecified atom stereocenters. The third kappa shape index (κ3) is 3.96. The minimum absolute atomic E-state index is 0.669. The first-order valence-electron chi connectivity index (χ1n) is 8.27. The van der Waals surface area contributed by atoms with Crippen molar-refractivity contribution in [2.24, 2.45) is 17.6 Å². The predicted octanol–water partition coefficient (Wildman–Crippen LogP) is 3.41. The van der Waals surface area contributed by atoms with Crippen molar-refractivity contribution in [1.82, 2.24) is 4.90 Å². The number of hydrogen-bond donors (Lipinski definition) is 1. The van der Waals surface area contributed by atoms with Crippen LogP contribution in [0.5, 0.6) is 0 Å². The zero-order valence-electron chi connectivity index (χ0n) is 12.2. The van der Waals surface area contributed by atoms with Crippen LogP contribution in [-0.2, 0) is 0 Å². The molecule has 2 heteroatoms. The van der Waals surface area contributed by atoms with Crippen LogP contribution in [0, 0.1) is 11.8 Å². The topological polar surface area (TPSA) is 29.3 Å². The van der Waals surface area contributed by atoms with Gasteiger partial charge < -0.3 is 5.73 Å². The minimum Gasteiger partial charge on any atom is -0.329 e. The molecule has 2 N–H and O–H groups in total. The summed E-state index contributed by atoms with van der Waals surface area (Å²) >= 11 is 0. The standard InChI is InChI=1S/C16H32N2/c1-2-14-9-6-10-18(13-14)16(12-17)11-15-7-4-3-5-8-15/h14-16H,2-13,17H2,1H3. The lowest BCUT2D eigenvalue weighted by molar-refractivity contribution is 0.103. The Balaban J connectivity index is 1.82. The molecule has 0 aromatic heterocycles. The van der Waals surface area contributed by atoms with Crippen molar-refractivity contribution in [3.63, 3.8) is 0 Å². The Morgan fingerprint density at radius 2 is 1.78 bits per heavy atom. The van der Waals surface area contributed by atoms with E-state index in [1.54, 1.807) is 0 Å². The lowest BCUT2D eigenvalue weighted by atomic mass is 9.83. The van der Waals surface area contributed by atoms with Crippen LogP contribution in [0.4, 0.5) is 0 Å². The Labute approximate surface area is 113 Å². The lowest BCUT2D eigenvalue weighted by Crippen LogP contribution is -2.47. The van der Waals surface area contributed by atoms with E-state index in [4.69, 9.17) is 5.73 Å². The number of rotatable bonds is 5. The molecule has 1 saturated carbocycles. The maximum Gasteiger partial charge on any atom is 0.0221 e. The summed E-state index contributed by atoms with van der Waals surface area (Å²) in [6.07, 6.45) is 12.8. The molecule has 0 spiro atoms. The van der Waals surface area contributed by atoms with E-state index in [9.17, 15) is 0 Å². The van der Waals surface area contributed by atoms with E-state index in [1.807, 2.05) is 0 Å². The second kappa shape index (κ2) is 7.49. The molecule has 2 rings (SSSR count). The van der Waals surface area contributed by atoms with Gasteiger partial charge in [0.05, 0.1) is 0 Å². The van der Waals surface area contributed by atoms with Gasteiger partial charge in [-0.1, -0.05) is 45.4 Å². The zero-order chi connectivity index (χ0) is 12.8. The van der Waals surface area contributed by atoms with Gasteiger partial charge in [-0.25, -0.2) is 0 Å². The van der Waals surface area contributed by atoms with Crippen LogP contribution in [0.25, 0.3) is 0 Å². The fraction of sp³-hybridized carbons (Fsp3) is 1.00. The summed E-state index contributed by atoms with van der Waals surface area (Å²) in [6, 6.07) is 0.669. The van der Waals surface area contributed by atoms with Gasteiger partial charge in [0.2, 0.25) is 0 Å². The van der Waals surface area contributed by atoms with E-state index >= 15 is 0 Å². The number of nitrogens with two attached hydrogens (primary N) is 1. The van der Waals surface area contributed by atoms with Crippen LogP contribution < -0.4 is 5.73 Å². The zero-order valence-corrected chi connectivity index (χ0v) is 12.2. The van der Waals surface area contributed by atoms with Gasteiger partial charge in [-0.05, 0) is 37.6 Å². The molecule has 0 amide bonds. The first-order chi connectivity index (χ1) is 8.83. The molecular weight excluding hydrogens is 220 g/mol. The summed E-state index contributed by atoms with van der Waals surface area (Å²) in [5.74, 6) is 1.90. The summed E-state index contributed by atoms with van der Waals surface area (Å²) < 4.78 is 0. The third-order valence-electron chi connectivity index (χ3n) is 5.25. The Bertz CT molecular complexity index is 223. The molecular formula is C16H32N2. The van der Waals surface area contributed by atoms with Crippen LogP contribution >= 0.6 is 0 Å². The molecule has 0 aromatic rings. The Morgan fingerprint density at radius 1 is 1.06 bits per heavy atom. The highest BCUT2D eigenvalue weighted by Gasteiger charge is 2.26. The maximum absolute atomic E-state index is 6.07. The first kappa shape index (κ1) is 14.3. The normalized spacial score (nSPS) is 29.3. The fourth-order valence-corrected chi connectivity index (χ4v) is 3.96. The molecule has 2 fully saturated rings. The van der Waals surface area contributed by atoms with Gasteiger partial charge in [0.1, 0.15) is 0 Å². The highest BCUT2D eigenvalue weighted by atomic mass is 15.2. The largest absolute Gasteiger partial charge is 0.329 e. The summed E-state index contributed by atoms with van der Waals surface area (Å²) in [5.41, 5.74) is 6.07. The molecule has 0 radical (unpaired) electrons. The van der Waals surface area contributed by atoms with Gasteiger partial charge in [0, 0.05) is 19.1 Å².